The number of hydrogen-bond donors (Lipinski definition) is 0. The van der Waals surface area contributed by atoms with Crippen LogP contribution in [0, 0.1) is 0 Å². The monoisotopic (exact) mass is 402 g/mol. The Hall–Kier alpha value is -1.14. The summed E-state index contributed by atoms with van der Waals surface area (Å²) in [6.45, 7) is 12.9. The summed E-state index contributed by atoms with van der Waals surface area (Å²) >= 11 is 0. The molecule has 0 spiro atoms. The highest BCUT2D eigenvalue weighted by molar-refractivity contribution is 5.30. The Bertz CT molecular complexity index is 652. The SMILES string of the molecule is COc1ccc(C2N([C@H]3CCOC(C)(C)C3)CCN2[C@H]2CCOC(C)(C)C2)cc1. The third-order valence-electron chi connectivity index (χ3n) is 6.94. The Morgan fingerprint density at radius 1 is 0.828 bits per heavy atom. The van der Waals surface area contributed by atoms with Gasteiger partial charge in [0.05, 0.1) is 24.5 Å². The number of benzene rings is 1. The summed E-state index contributed by atoms with van der Waals surface area (Å²) < 4.78 is 17.5. The van der Waals surface area contributed by atoms with Crippen molar-refractivity contribution in [2.24, 2.45) is 0 Å². The molecule has 0 saturated carbocycles. The van der Waals surface area contributed by atoms with Crippen molar-refractivity contribution in [2.75, 3.05) is 33.4 Å². The second-order valence-electron chi connectivity index (χ2n) is 10.1. The van der Waals surface area contributed by atoms with Crippen LogP contribution in [0.15, 0.2) is 24.3 Å². The van der Waals surface area contributed by atoms with Gasteiger partial charge in [0, 0.05) is 38.4 Å². The second-order valence-corrected chi connectivity index (χ2v) is 10.1. The first-order chi connectivity index (χ1) is 13.8. The Morgan fingerprint density at radius 3 is 1.72 bits per heavy atom. The molecule has 0 unspecified atom stereocenters. The van der Waals surface area contributed by atoms with Crippen LogP contribution in [-0.4, -0.2) is 66.5 Å². The van der Waals surface area contributed by atoms with Crippen molar-refractivity contribution in [3.63, 3.8) is 0 Å². The molecular weight excluding hydrogens is 364 g/mol. The van der Waals surface area contributed by atoms with E-state index in [1.165, 1.54) is 5.56 Å². The van der Waals surface area contributed by atoms with Crippen LogP contribution in [0.2, 0.25) is 0 Å². The summed E-state index contributed by atoms with van der Waals surface area (Å²) in [7, 11) is 1.73. The van der Waals surface area contributed by atoms with Crippen molar-refractivity contribution in [3.05, 3.63) is 29.8 Å². The Morgan fingerprint density at radius 2 is 1.31 bits per heavy atom. The molecule has 5 nitrogen and oxygen atoms in total. The highest BCUT2D eigenvalue weighted by Gasteiger charge is 2.45. The van der Waals surface area contributed by atoms with Crippen LogP contribution in [0.1, 0.15) is 65.1 Å². The zero-order chi connectivity index (χ0) is 20.6. The summed E-state index contributed by atoms with van der Waals surface area (Å²) in [5.41, 5.74) is 1.29. The van der Waals surface area contributed by atoms with Crippen LogP contribution >= 0.6 is 0 Å². The molecule has 1 aromatic carbocycles. The molecule has 1 aromatic rings. The average molecular weight is 403 g/mol. The maximum Gasteiger partial charge on any atom is 0.118 e. The van der Waals surface area contributed by atoms with E-state index >= 15 is 0 Å². The van der Waals surface area contributed by atoms with E-state index in [0.717, 1.165) is 57.7 Å². The Labute approximate surface area is 176 Å². The molecule has 162 valence electrons. The number of nitrogens with zero attached hydrogens (tertiary/aromatic N) is 2. The summed E-state index contributed by atoms with van der Waals surface area (Å²) in [4.78, 5) is 5.49. The predicted molar refractivity (Wildman–Crippen MR) is 115 cm³/mol. The first-order valence-electron chi connectivity index (χ1n) is 11.2. The highest BCUT2D eigenvalue weighted by atomic mass is 16.5. The lowest BCUT2D eigenvalue weighted by molar-refractivity contribution is -0.105. The maximum atomic E-state index is 6.02. The molecule has 3 heterocycles. The molecule has 3 saturated heterocycles. The van der Waals surface area contributed by atoms with Gasteiger partial charge >= 0.3 is 0 Å². The van der Waals surface area contributed by atoms with Gasteiger partial charge in [-0.05, 0) is 71.1 Å². The van der Waals surface area contributed by atoms with Gasteiger partial charge in [0.1, 0.15) is 5.75 Å². The van der Waals surface area contributed by atoms with E-state index in [1.807, 2.05) is 0 Å². The minimum absolute atomic E-state index is 0.0402. The molecule has 4 rings (SSSR count). The average Bonchev–Trinajstić information content (AvgIpc) is 3.11. The van der Waals surface area contributed by atoms with Gasteiger partial charge in [-0.2, -0.15) is 0 Å². The molecular formula is C24H38N2O3. The number of ether oxygens (including phenoxy) is 3. The smallest absolute Gasteiger partial charge is 0.118 e. The first kappa shape index (κ1) is 21.1. The van der Waals surface area contributed by atoms with Crippen LogP contribution in [0.5, 0.6) is 5.75 Å². The zero-order valence-electron chi connectivity index (χ0n) is 18.8. The van der Waals surface area contributed by atoms with Crippen molar-refractivity contribution in [2.45, 2.75) is 82.8 Å². The molecule has 0 aliphatic carbocycles. The summed E-state index contributed by atoms with van der Waals surface area (Å²) in [5, 5.41) is 0. The van der Waals surface area contributed by atoms with Gasteiger partial charge in [-0.15, -0.1) is 0 Å². The van der Waals surface area contributed by atoms with Crippen LogP contribution < -0.4 is 4.74 Å². The van der Waals surface area contributed by atoms with Crippen LogP contribution in [-0.2, 0) is 9.47 Å². The zero-order valence-corrected chi connectivity index (χ0v) is 18.8. The summed E-state index contributed by atoms with van der Waals surface area (Å²) in [5.74, 6) is 0.921. The standard InChI is InChI=1S/C24H38N2O3/c1-23(2)16-19(10-14-28-23)25-12-13-26(20-11-15-29-24(3,4)17-20)22(25)18-6-8-21(27-5)9-7-18/h6-9,19-20,22H,10-17H2,1-5H3/t19-,20-/m0/s1. The number of rotatable bonds is 4. The van der Waals surface area contributed by atoms with Crippen molar-refractivity contribution in [1.29, 1.82) is 0 Å². The molecule has 0 radical (unpaired) electrons. The number of methoxy groups -OCH3 is 1. The molecule has 3 aliphatic heterocycles. The van der Waals surface area contributed by atoms with Gasteiger partial charge < -0.3 is 14.2 Å². The molecule has 3 aliphatic rings. The van der Waals surface area contributed by atoms with Crippen molar-refractivity contribution in [1.82, 2.24) is 9.80 Å². The van der Waals surface area contributed by atoms with Crippen molar-refractivity contribution in [3.8, 4) is 5.75 Å². The molecule has 2 atom stereocenters. The van der Waals surface area contributed by atoms with Crippen molar-refractivity contribution < 1.29 is 14.2 Å². The highest BCUT2D eigenvalue weighted by Crippen LogP contribution is 2.41. The fourth-order valence-electron chi connectivity index (χ4n) is 5.56. The van der Waals surface area contributed by atoms with E-state index in [2.05, 4.69) is 61.8 Å². The third kappa shape index (κ3) is 4.63. The minimum atomic E-state index is -0.0402. The normalized spacial score (nSPS) is 31.1. The van der Waals surface area contributed by atoms with E-state index < -0.39 is 0 Å². The molecule has 0 N–H and O–H groups in total. The lowest BCUT2D eigenvalue weighted by Gasteiger charge is -2.46. The van der Waals surface area contributed by atoms with E-state index in [9.17, 15) is 0 Å². The van der Waals surface area contributed by atoms with Crippen LogP contribution in [0.4, 0.5) is 0 Å². The molecule has 29 heavy (non-hydrogen) atoms. The fourth-order valence-corrected chi connectivity index (χ4v) is 5.56. The predicted octanol–water partition coefficient (Wildman–Crippen LogP) is 4.23. The number of hydrogen-bond acceptors (Lipinski definition) is 5. The second kappa shape index (κ2) is 8.18. The third-order valence-corrected chi connectivity index (χ3v) is 6.94. The Kier molecular flexibility index (Phi) is 5.95. The van der Waals surface area contributed by atoms with Crippen molar-refractivity contribution >= 4 is 0 Å². The van der Waals surface area contributed by atoms with Gasteiger partial charge in [-0.25, -0.2) is 0 Å². The quantitative estimate of drug-likeness (QED) is 0.753. The summed E-state index contributed by atoms with van der Waals surface area (Å²) in [6.07, 6.45) is 4.73. The van der Waals surface area contributed by atoms with Gasteiger partial charge in [0.15, 0.2) is 0 Å². The van der Waals surface area contributed by atoms with Gasteiger partial charge in [-0.1, -0.05) is 12.1 Å². The lowest BCUT2D eigenvalue weighted by Crippen LogP contribution is -2.49. The van der Waals surface area contributed by atoms with Gasteiger partial charge in [-0.3, -0.25) is 9.80 Å². The maximum absolute atomic E-state index is 6.02. The lowest BCUT2D eigenvalue weighted by atomic mass is 9.91. The van der Waals surface area contributed by atoms with E-state index in [-0.39, 0.29) is 11.2 Å². The van der Waals surface area contributed by atoms with E-state index in [1.54, 1.807) is 7.11 Å². The molecule has 0 amide bonds. The van der Waals surface area contributed by atoms with E-state index in [0.29, 0.717) is 18.2 Å². The molecule has 0 bridgehead atoms. The van der Waals surface area contributed by atoms with Gasteiger partial charge in [0.2, 0.25) is 0 Å². The molecule has 3 fully saturated rings. The molecule has 0 aromatic heterocycles. The summed E-state index contributed by atoms with van der Waals surface area (Å²) in [6, 6.07) is 9.83. The topological polar surface area (TPSA) is 34.2 Å². The fraction of sp³-hybridized carbons (Fsp3) is 0.750. The largest absolute Gasteiger partial charge is 0.497 e. The molecule has 5 heteroatoms. The van der Waals surface area contributed by atoms with Crippen LogP contribution in [0.25, 0.3) is 0 Å². The minimum Gasteiger partial charge on any atom is -0.497 e. The Balaban J connectivity index is 1.62. The first-order valence-corrected chi connectivity index (χ1v) is 11.2. The van der Waals surface area contributed by atoms with Crippen LogP contribution in [0.3, 0.4) is 0 Å². The van der Waals surface area contributed by atoms with E-state index in [4.69, 9.17) is 14.2 Å². The van der Waals surface area contributed by atoms with Gasteiger partial charge in [0.25, 0.3) is 0 Å².